The summed E-state index contributed by atoms with van der Waals surface area (Å²) in [6.45, 7) is 5.28. The molecule has 0 saturated carbocycles. The van der Waals surface area contributed by atoms with Gasteiger partial charge in [-0.25, -0.2) is 4.98 Å². The van der Waals surface area contributed by atoms with Crippen molar-refractivity contribution in [3.8, 4) is 55.9 Å². The monoisotopic (exact) mass is 790 g/mol. The number of fused-ring (bicyclic) bond motifs is 8. The first-order valence-electron chi connectivity index (χ1n) is 21.7. The molecule has 0 unspecified atom stereocenters. The van der Waals surface area contributed by atoms with Gasteiger partial charge in [-0.3, -0.25) is 0 Å². The number of hydrogen-bond acceptors (Lipinski definition) is 1. The highest BCUT2D eigenvalue weighted by Gasteiger charge is 2.17. The van der Waals surface area contributed by atoms with Gasteiger partial charge in [-0.1, -0.05) is 188 Å². The maximum atomic E-state index is 5.15. The molecule has 0 amide bonds. The first-order chi connectivity index (χ1) is 30.6. The van der Waals surface area contributed by atoms with Gasteiger partial charge in [0.1, 0.15) is 5.82 Å². The van der Waals surface area contributed by atoms with E-state index >= 15 is 0 Å². The lowest BCUT2D eigenvalue weighted by molar-refractivity contribution is 0.796. The van der Waals surface area contributed by atoms with Gasteiger partial charge in [-0.05, 0) is 136 Å². The minimum Gasteiger partial charge on any atom is -0.324 e. The molecule has 1 heterocycles. The Morgan fingerprint density at radius 1 is 0.371 bits per heavy atom. The zero-order valence-corrected chi connectivity index (χ0v) is 34.7. The molecule has 0 saturated heterocycles. The summed E-state index contributed by atoms with van der Waals surface area (Å²) in [6, 6.07) is 75.9. The van der Waals surface area contributed by atoms with E-state index in [0.29, 0.717) is 0 Å². The van der Waals surface area contributed by atoms with Crippen molar-refractivity contribution < 1.29 is 0 Å². The number of benzene rings is 11. The van der Waals surface area contributed by atoms with Crippen LogP contribution in [0.3, 0.4) is 0 Å². The molecule has 1 aromatic heterocycles. The molecule has 2 heteroatoms. The van der Waals surface area contributed by atoms with Gasteiger partial charge in [0.2, 0.25) is 0 Å². The average Bonchev–Trinajstić information content (AvgIpc) is 3.71. The van der Waals surface area contributed by atoms with Gasteiger partial charge < -0.3 is 4.57 Å². The second-order valence-electron chi connectivity index (χ2n) is 16.6. The van der Waals surface area contributed by atoms with E-state index in [2.05, 4.69) is 225 Å². The Labute approximate surface area is 361 Å². The third kappa shape index (κ3) is 5.75. The lowest BCUT2D eigenvalue weighted by Gasteiger charge is -2.16. The van der Waals surface area contributed by atoms with Crippen molar-refractivity contribution in [1.29, 1.82) is 0 Å². The van der Waals surface area contributed by atoms with Crippen molar-refractivity contribution in [2.45, 2.75) is 20.4 Å². The van der Waals surface area contributed by atoms with E-state index in [-0.39, 0.29) is 0 Å². The zero-order chi connectivity index (χ0) is 41.3. The minimum absolute atomic E-state index is 0.861. The van der Waals surface area contributed by atoms with E-state index in [4.69, 9.17) is 4.98 Å². The van der Waals surface area contributed by atoms with E-state index < -0.39 is 0 Å². The fraction of sp³-hybridized carbons (Fsp3) is 0.0500. The first kappa shape index (κ1) is 36.1. The highest BCUT2D eigenvalue weighted by Crippen LogP contribution is 2.42. The van der Waals surface area contributed by atoms with Crippen LogP contribution in [0, 0.1) is 6.92 Å². The minimum atomic E-state index is 0.861. The second-order valence-corrected chi connectivity index (χ2v) is 16.6. The summed E-state index contributed by atoms with van der Waals surface area (Å²) in [4.78, 5) is 5.15. The molecule has 0 spiro atoms. The Balaban J connectivity index is 0.908. The van der Waals surface area contributed by atoms with Crippen LogP contribution in [0.2, 0.25) is 0 Å². The van der Waals surface area contributed by atoms with Crippen molar-refractivity contribution in [2.24, 2.45) is 0 Å². The van der Waals surface area contributed by atoms with Gasteiger partial charge in [0.25, 0.3) is 0 Å². The summed E-state index contributed by atoms with van der Waals surface area (Å²) in [6.07, 6.45) is 0. The average molecular weight is 791 g/mol. The molecular weight excluding hydrogens is 749 g/mol. The summed E-state index contributed by atoms with van der Waals surface area (Å²) in [5, 5.41) is 12.8. The van der Waals surface area contributed by atoms with Crippen molar-refractivity contribution in [1.82, 2.24) is 9.55 Å². The van der Waals surface area contributed by atoms with Crippen LogP contribution in [0.5, 0.6) is 0 Å². The molecule has 12 aromatic rings. The standard InChI is InChI=1S/C60H42N2/c1-3-62-56-35-31-47(37-55(56)61-60(62)44-13-5-4-6-14-44)49-34-33-48(51-18-7-8-19-52(49)51)40-24-22-39(23-25-40)45-30-32-50-46(36-45)29-28-42-16-10-20-53(58(42)50)54-21-11-17-43-27-26-41-15-9-12-38(2)57(41)59(43)54/h4-37H,3H2,1-2H3. The SMILES string of the molecule is CCn1c(-c2ccccc2)nc2cc(-c3ccc(-c4ccc(-c5ccc6c(ccc7cccc(-c8cccc9ccc%10cccc(C)c%10c89)c76)c5)cc4)c4ccccc34)ccc21. The van der Waals surface area contributed by atoms with Crippen LogP contribution in [-0.2, 0) is 6.54 Å². The fourth-order valence-electron chi connectivity index (χ4n) is 10.2. The Hall–Kier alpha value is -7.81. The normalized spacial score (nSPS) is 11.8. The lowest BCUT2D eigenvalue weighted by Crippen LogP contribution is -1.97. The summed E-state index contributed by atoms with van der Waals surface area (Å²) in [7, 11) is 0. The third-order valence-corrected chi connectivity index (χ3v) is 13.1. The van der Waals surface area contributed by atoms with Gasteiger partial charge >= 0.3 is 0 Å². The topological polar surface area (TPSA) is 17.8 Å². The molecular formula is C60H42N2. The smallest absolute Gasteiger partial charge is 0.141 e. The lowest BCUT2D eigenvalue weighted by atomic mass is 9.88. The molecule has 0 bridgehead atoms. The number of nitrogens with zero attached hydrogens (tertiary/aromatic N) is 2. The quantitative estimate of drug-likeness (QED) is 0.153. The number of hydrogen-bond donors (Lipinski definition) is 0. The van der Waals surface area contributed by atoms with E-state index in [1.807, 2.05) is 0 Å². The van der Waals surface area contributed by atoms with Crippen molar-refractivity contribution >= 4 is 64.9 Å². The predicted molar refractivity (Wildman–Crippen MR) is 265 cm³/mol. The van der Waals surface area contributed by atoms with Crippen LogP contribution in [0.25, 0.3) is 121 Å². The molecule has 0 atom stereocenters. The maximum absolute atomic E-state index is 5.15. The Bertz CT molecular complexity index is 3720. The summed E-state index contributed by atoms with van der Waals surface area (Å²) < 4.78 is 2.31. The maximum Gasteiger partial charge on any atom is 0.141 e. The molecule has 0 N–H and O–H groups in total. The molecule has 12 rings (SSSR count). The van der Waals surface area contributed by atoms with E-state index in [9.17, 15) is 0 Å². The van der Waals surface area contributed by atoms with Gasteiger partial charge in [0.05, 0.1) is 11.0 Å². The number of aromatic nitrogens is 2. The van der Waals surface area contributed by atoms with Gasteiger partial charge in [-0.2, -0.15) is 0 Å². The van der Waals surface area contributed by atoms with Crippen LogP contribution in [-0.4, -0.2) is 9.55 Å². The number of aryl methyl sites for hydroxylation is 2. The second kappa shape index (κ2) is 14.4. The van der Waals surface area contributed by atoms with Crippen LogP contribution < -0.4 is 0 Å². The van der Waals surface area contributed by atoms with Crippen molar-refractivity contribution in [3.05, 3.63) is 212 Å². The molecule has 2 nitrogen and oxygen atoms in total. The third-order valence-electron chi connectivity index (χ3n) is 13.1. The molecule has 0 radical (unpaired) electrons. The molecule has 0 aliphatic rings. The van der Waals surface area contributed by atoms with Crippen LogP contribution in [0.1, 0.15) is 12.5 Å². The molecule has 0 aliphatic carbocycles. The molecule has 0 aliphatic heterocycles. The summed E-state index contributed by atoms with van der Waals surface area (Å²) in [5.41, 5.74) is 14.4. The number of rotatable bonds is 6. The van der Waals surface area contributed by atoms with Crippen molar-refractivity contribution in [3.63, 3.8) is 0 Å². The van der Waals surface area contributed by atoms with Gasteiger partial charge in [-0.15, -0.1) is 0 Å². The Morgan fingerprint density at radius 3 is 1.68 bits per heavy atom. The molecule has 0 fully saturated rings. The van der Waals surface area contributed by atoms with Crippen molar-refractivity contribution in [2.75, 3.05) is 0 Å². The van der Waals surface area contributed by atoms with E-state index in [1.165, 1.54) is 104 Å². The zero-order valence-electron chi connectivity index (χ0n) is 34.7. The fourth-order valence-corrected chi connectivity index (χ4v) is 10.2. The molecule has 11 aromatic carbocycles. The molecule has 292 valence electrons. The van der Waals surface area contributed by atoms with E-state index in [0.717, 1.165) is 29.0 Å². The number of imidazole rings is 1. The largest absolute Gasteiger partial charge is 0.324 e. The highest BCUT2D eigenvalue weighted by atomic mass is 15.1. The molecule has 62 heavy (non-hydrogen) atoms. The first-order valence-corrected chi connectivity index (χ1v) is 21.7. The van der Waals surface area contributed by atoms with Crippen LogP contribution in [0.4, 0.5) is 0 Å². The highest BCUT2D eigenvalue weighted by molar-refractivity contribution is 6.21. The Morgan fingerprint density at radius 2 is 0.952 bits per heavy atom. The summed E-state index contributed by atoms with van der Waals surface area (Å²) in [5.74, 6) is 1.01. The van der Waals surface area contributed by atoms with Gasteiger partial charge in [0, 0.05) is 12.1 Å². The predicted octanol–water partition coefficient (Wildman–Crippen LogP) is 16.5. The van der Waals surface area contributed by atoms with Gasteiger partial charge in [0.15, 0.2) is 0 Å². The van der Waals surface area contributed by atoms with Crippen LogP contribution in [0.15, 0.2) is 206 Å². The van der Waals surface area contributed by atoms with Crippen LogP contribution >= 0.6 is 0 Å². The summed E-state index contributed by atoms with van der Waals surface area (Å²) >= 11 is 0. The van der Waals surface area contributed by atoms with E-state index in [1.54, 1.807) is 0 Å². The Kier molecular flexibility index (Phi) is 8.40.